The molecule has 9 nitrogen and oxygen atoms in total. The van der Waals surface area contributed by atoms with Gasteiger partial charge in [-0.25, -0.2) is 13.9 Å². The van der Waals surface area contributed by atoms with E-state index in [9.17, 15) is 9.59 Å². The number of terminal acetylenes is 1. The first kappa shape index (κ1) is 33.6. The summed E-state index contributed by atoms with van der Waals surface area (Å²) >= 11 is 0. The van der Waals surface area contributed by atoms with Gasteiger partial charge in [-0.2, -0.15) is 0 Å². The van der Waals surface area contributed by atoms with Gasteiger partial charge in [-0.3, -0.25) is 14.3 Å². The van der Waals surface area contributed by atoms with Gasteiger partial charge in [-0.05, 0) is 67.7 Å². The Hall–Kier alpha value is -0.900. The third-order valence-corrected chi connectivity index (χ3v) is 11.6. The molecule has 1 aliphatic rings. The second kappa shape index (κ2) is 17.3. The summed E-state index contributed by atoms with van der Waals surface area (Å²) in [6, 6.07) is 1.25. The molecule has 228 valence electrons. The maximum Gasteiger partial charge on any atom is 0.330 e. The van der Waals surface area contributed by atoms with Crippen molar-refractivity contribution in [2.24, 2.45) is 0 Å². The first-order chi connectivity index (χ1) is 19.4. The van der Waals surface area contributed by atoms with E-state index in [0.717, 1.165) is 35.6 Å². The van der Waals surface area contributed by atoms with Crippen molar-refractivity contribution in [2.75, 3.05) is 25.6 Å². The van der Waals surface area contributed by atoms with Crippen LogP contribution >= 0.6 is 30.1 Å². The number of ether oxygens (including phenoxy) is 2. The van der Waals surface area contributed by atoms with Crippen LogP contribution in [0.5, 0.6) is 0 Å². The lowest BCUT2D eigenvalue weighted by Gasteiger charge is -2.37. The number of unbranched alkanes of at least 4 members (excludes halogenated alkanes) is 1. The van der Waals surface area contributed by atoms with Crippen molar-refractivity contribution < 1.29 is 24.3 Å². The van der Waals surface area contributed by atoms with Crippen LogP contribution in [-0.4, -0.2) is 75.0 Å². The zero-order valence-corrected chi connectivity index (χ0v) is 26.9. The highest BCUT2D eigenvalue weighted by atomic mass is 33.1. The summed E-state index contributed by atoms with van der Waals surface area (Å²) in [5.74, 6) is 3.44. The van der Waals surface area contributed by atoms with E-state index >= 15 is 4.39 Å². The minimum atomic E-state index is -1.74. The highest BCUT2D eigenvalue weighted by molar-refractivity contribution is 8.77. The fourth-order valence-electron chi connectivity index (χ4n) is 4.00. The monoisotopic (exact) mass is 622 g/mol. The molecule has 1 saturated heterocycles. The molecule has 5 unspecified atom stereocenters. The summed E-state index contributed by atoms with van der Waals surface area (Å²) in [5.41, 5.74) is -1.37. The standard InChI is InChI=1S/C27H45FN3O6PS2/c1-9-15-34-17-13-27(7,8)40-39-18-11-10-16-35-38(31(19(2)3)20(4)5)37-24-21(6)36-25(23(24)28)30-14-12-22(32)29-26(30)33/h1,12,14,19-21,23-25H,10-11,13,15-18H2,2-8H3,(H,29,32,33)/i6D. The maximum absolute atomic E-state index is 15.8. The molecule has 0 radical (unpaired) electrons. The van der Waals surface area contributed by atoms with Crippen LogP contribution in [0, 0.1) is 12.3 Å². The van der Waals surface area contributed by atoms with Gasteiger partial charge in [-0.15, -0.1) is 6.42 Å². The first-order valence-electron chi connectivity index (χ1n) is 14.2. The Balaban J connectivity index is 1.97. The number of hydrogen-bond acceptors (Lipinski definition) is 9. The minimum absolute atomic E-state index is 0.0624. The van der Waals surface area contributed by atoms with E-state index in [2.05, 4.69) is 29.4 Å². The summed E-state index contributed by atoms with van der Waals surface area (Å²) in [7, 11) is 1.97. The van der Waals surface area contributed by atoms with E-state index in [1.807, 2.05) is 49.3 Å². The van der Waals surface area contributed by atoms with Gasteiger partial charge in [-0.1, -0.05) is 27.5 Å². The molecule has 0 bridgehead atoms. The predicted molar refractivity (Wildman–Crippen MR) is 163 cm³/mol. The van der Waals surface area contributed by atoms with Crippen molar-refractivity contribution in [3.63, 3.8) is 0 Å². The molecular weight excluding hydrogens is 576 g/mol. The van der Waals surface area contributed by atoms with Crippen molar-refractivity contribution in [1.29, 1.82) is 0 Å². The van der Waals surface area contributed by atoms with Crippen LogP contribution in [0.1, 0.15) is 75.3 Å². The Kier molecular flexibility index (Phi) is 14.5. The molecule has 13 heteroatoms. The fourth-order valence-corrected chi connectivity index (χ4v) is 8.50. The van der Waals surface area contributed by atoms with Crippen LogP contribution in [0.4, 0.5) is 4.39 Å². The molecule has 1 aromatic heterocycles. The lowest BCUT2D eigenvalue weighted by Crippen LogP contribution is -2.38. The molecule has 2 rings (SSSR count). The van der Waals surface area contributed by atoms with Crippen LogP contribution < -0.4 is 11.2 Å². The lowest BCUT2D eigenvalue weighted by atomic mass is 10.1. The van der Waals surface area contributed by atoms with Crippen molar-refractivity contribution in [3.05, 3.63) is 33.1 Å². The first-order valence-corrected chi connectivity index (χ1v) is 17.0. The Morgan fingerprint density at radius 1 is 1.30 bits per heavy atom. The average molecular weight is 623 g/mol. The van der Waals surface area contributed by atoms with Gasteiger partial charge >= 0.3 is 5.69 Å². The Morgan fingerprint density at radius 2 is 2.02 bits per heavy atom. The minimum Gasteiger partial charge on any atom is -0.369 e. The van der Waals surface area contributed by atoms with Crippen molar-refractivity contribution in [1.82, 2.24) is 14.2 Å². The van der Waals surface area contributed by atoms with Crippen molar-refractivity contribution in [3.8, 4) is 12.3 Å². The SMILES string of the molecule is [2H]CC1OC(n2ccc(=O)[nH]c2=O)C(F)C1OP(OCCCCSSC(C)(C)CCOCC#C)N(C(C)C)C(C)C. The summed E-state index contributed by atoms with van der Waals surface area (Å²) in [6.45, 7) is 13.6. The van der Waals surface area contributed by atoms with E-state index in [4.69, 9.17) is 26.3 Å². The number of halogens is 1. The molecule has 5 atom stereocenters. The number of alkyl halides is 1. The molecule has 0 aliphatic carbocycles. The van der Waals surface area contributed by atoms with E-state index in [1.165, 1.54) is 6.20 Å². The van der Waals surface area contributed by atoms with Gasteiger partial charge in [0.2, 0.25) is 0 Å². The van der Waals surface area contributed by atoms with Crippen molar-refractivity contribution in [2.45, 2.75) is 109 Å². The van der Waals surface area contributed by atoms with Gasteiger partial charge in [0.25, 0.3) is 14.1 Å². The summed E-state index contributed by atoms with van der Waals surface area (Å²) < 4.78 is 50.5. The molecule has 40 heavy (non-hydrogen) atoms. The van der Waals surface area contributed by atoms with E-state index in [0.29, 0.717) is 19.8 Å². The summed E-state index contributed by atoms with van der Waals surface area (Å²) in [5, 5.41) is 0. The molecule has 1 aliphatic heterocycles. The fraction of sp³-hybridized carbons (Fsp3) is 0.778. The highest BCUT2D eigenvalue weighted by Gasteiger charge is 2.47. The highest BCUT2D eigenvalue weighted by Crippen LogP contribution is 2.50. The predicted octanol–water partition coefficient (Wildman–Crippen LogP) is 5.52. The number of nitrogens with one attached hydrogen (secondary N) is 1. The van der Waals surface area contributed by atoms with Crippen LogP contribution in [0.15, 0.2) is 21.9 Å². The largest absolute Gasteiger partial charge is 0.369 e. The van der Waals surface area contributed by atoms with Gasteiger partial charge in [0.15, 0.2) is 12.4 Å². The number of aromatic nitrogens is 2. The number of aromatic amines is 1. The Bertz CT molecular complexity index is 1060. The molecule has 0 saturated carbocycles. The number of rotatable bonds is 18. The zero-order valence-electron chi connectivity index (χ0n) is 25.3. The second-order valence-corrected chi connectivity index (χ2v) is 15.1. The van der Waals surface area contributed by atoms with Crippen LogP contribution in [0.3, 0.4) is 0 Å². The van der Waals surface area contributed by atoms with Crippen molar-refractivity contribution >= 4 is 30.1 Å². The maximum atomic E-state index is 15.8. The van der Waals surface area contributed by atoms with Gasteiger partial charge < -0.3 is 18.5 Å². The number of hydrogen-bond donors (Lipinski definition) is 1. The molecule has 0 amide bonds. The molecular formula is C27H45FN3O6PS2. The third kappa shape index (κ3) is 11.1. The normalized spacial score (nSPS) is 22.7. The smallest absolute Gasteiger partial charge is 0.330 e. The quantitative estimate of drug-likeness (QED) is 0.0983. The van der Waals surface area contributed by atoms with Crippen LogP contribution in [0.2, 0.25) is 0 Å². The van der Waals surface area contributed by atoms with E-state index < -0.39 is 44.4 Å². The average Bonchev–Trinajstić information content (AvgIpc) is 3.20. The molecule has 1 aromatic rings. The van der Waals surface area contributed by atoms with Crippen LogP contribution in [0.25, 0.3) is 0 Å². The Labute approximate surface area is 248 Å². The number of nitrogens with zero attached hydrogens (tertiary/aromatic N) is 2. The lowest BCUT2D eigenvalue weighted by molar-refractivity contribution is -0.0180. The van der Waals surface area contributed by atoms with E-state index in [1.54, 1.807) is 0 Å². The zero-order chi connectivity index (χ0) is 30.6. The molecule has 0 aromatic carbocycles. The van der Waals surface area contributed by atoms with Crippen LogP contribution in [-0.2, 0) is 18.5 Å². The summed E-state index contributed by atoms with van der Waals surface area (Å²) in [6.07, 6.45) is 4.01. The number of H-pyrrole nitrogens is 1. The van der Waals surface area contributed by atoms with Gasteiger partial charge in [0.1, 0.15) is 12.7 Å². The molecule has 1 fully saturated rings. The van der Waals surface area contributed by atoms with Gasteiger partial charge in [0.05, 0.1) is 12.7 Å². The summed E-state index contributed by atoms with van der Waals surface area (Å²) in [4.78, 5) is 25.9. The third-order valence-electron chi connectivity index (χ3n) is 5.99. The molecule has 0 spiro atoms. The topological polar surface area (TPSA) is 95.0 Å². The molecule has 2 heterocycles. The van der Waals surface area contributed by atoms with E-state index in [-0.39, 0.29) is 23.7 Å². The Morgan fingerprint density at radius 3 is 2.65 bits per heavy atom. The van der Waals surface area contributed by atoms with Gasteiger partial charge in [0, 0.05) is 42.8 Å². The second-order valence-electron chi connectivity index (χ2n) is 10.6. The molecule has 1 N–H and O–H groups in total.